The van der Waals surface area contributed by atoms with Gasteiger partial charge in [0.05, 0.1) is 15.8 Å². The molecule has 0 fully saturated rings. The standard InChI is InChI=1S/C18H12N2OS/c1-2-6-13(7-3-1)21-16-9-5-4-8-14(16)18-20-15-10-11-19-12-17(15)22-18/h1-12H. The van der Waals surface area contributed by atoms with Crippen LogP contribution in [-0.4, -0.2) is 9.97 Å². The minimum atomic E-state index is 0.806. The summed E-state index contributed by atoms with van der Waals surface area (Å²) in [5.41, 5.74) is 1.96. The highest BCUT2D eigenvalue weighted by Crippen LogP contribution is 2.37. The molecule has 0 saturated carbocycles. The van der Waals surface area contributed by atoms with Gasteiger partial charge in [-0.2, -0.15) is 0 Å². The van der Waals surface area contributed by atoms with Crippen molar-refractivity contribution in [3.63, 3.8) is 0 Å². The molecule has 0 aliphatic carbocycles. The van der Waals surface area contributed by atoms with Crippen LogP contribution in [-0.2, 0) is 0 Å². The summed E-state index contributed by atoms with van der Waals surface area (Å²) in [5, 5.41) is 0.939. The van der Waals surface area contributed by atoms with Crippen molar-refractivity contribution in [2.24, 2.45) is 0 Å². The molecule has 0 saturated heterocycles. The second-order valence-corrected chi connectivity index (χ2v) is 5.80. The van der Waals surface area contributed by atoms with Gasteiger partial charge in [-0.25, -0.2) is 4.98 Å². The van der Waals surface area contributed by atoms with Gasteiger partial charge in [0.25, 0.3) is 0 Å². The number of aromatic nitrogens is 2. The zero-order valence-corrected chi connectivity index (χ0v) is 12.5. The predicted octanol–water partition coefficient (Wildman–Crippen LogP) is 5.15. The molecule has 0 bridgehead atoms. The topological polar surface area (TPSA) is 35.0 Å². The lowest BCUT2D eigenvalue weighted by Gasteiger charge is -2.09. The third kappa shape index (κ3) is 2.44. The van der Waals surface area contributed by atoms with Gasteiger partial charge in [-0.1, -0.05) is 30.3 Å². The summed E-state index contributed by atoms with van der Waals surface area (Å²) in [6.45, 7) is 0. The molecule has 0 spiro atoms. The number of nitrogens with zero attached hydrogens (tertiary/aromatic N) is 2. The van der Waals surface area contributed by atoms with E-state index in [2.05, 4.69) is 9.97 Å². The molecule has 2 heterocycles. The number of benzene rings is 2. The van der Waals surface area contributed by atoms with E-state index in [1.807, 2.05) is 66.9 Å². The molecule has 22 heavy (non-hydrogen) atoms. The van der Waals surface area contributed by atoms with E-state index >= 15 is 0 Å². The molecule has 3 nitrogen and oxygen atoms in total. The van der Waals surface area contributed by atoms with Crippen molar-refractivity contribution >= 4 is 21.6 Å². The fourth-order valence-corrected chi connectivity index (χ4v) is 3.21. The fraction of sp³-hybridized carbons (Fsp3) is 0. The van der Waals surface area contributed by atoms with Crippen molar-refractivity contribution in [2.75, 3.05) is 0 Å². The second-order valence-electron chi connectivity index (χ2n) is 4.77. The number of thiazole rings is 1. The molecule has 4 heteroatoms. The van der Waals surface area contributed by atoms with Gasteiger partial charge in [0.2, 0.25) is 0 Å². The fourth-order valence-electron chi connectivity index (χ4n) is 2.24. The summed E-state index contributed by atoms with van der Waals surface area (Å²) in [4.78, 5) is 8.83. The van der Waals surface area contributed by atoms with Gasteiger partial charge < -0.3 is 4.74 Å². The Kier molecular flexibility index (Phi) is 3.29. The molecule has 0 radical (unpaired) electrons. The average molecular weight is 304 g/mol. The maximum absolute atomic E-state index is 6.01. The van der Waals surface area contributed by atoms with Gasteiger partial charge in [0.1, 0.15) is 16.5 Å². The van der Waals surface area contributed by atoms with E-state index in [9.17, 15) is 0 Å². The molecule has 4 aromatic rings. The lowest BCUT2D eigenvalue weighted by atomic mass is 10.2. The van der Waals surface area contributed by atoms with Crippen molar-refractivity contribution in [1.29, 1.82) is 0 Å². The Balaban J connectivity index is 1.78. The first-order valence-electron chi connectivity index (χ1n) is 6.93. The number of para-hydroxylation sites is 2. The Morgan fingerprint density at radius 2 is 1.68 bits per heavy atom. The Morgan fingerprint density at radius 3 is 2.55 bits per heavy atom. The number of pyridine rings is 1. The van der Waals surface area contributed by atoms with E-state index in [-0.39, 0.29) is 0 Å². The summed E-state index contributed by atoms with van der Waals surface area (Å²) >= 11 is 1.62. The van der Waals surface area contributed by atoms with Crippen LogP contribution in [0.1, 0.15) is 0 Å². The van der Waals surface area contributed by atoms with Gasteiger partial charge in [-0.15, -0.1) is 11.3 Å². The van der Waals surface area contributed by atoms with Crippen LogP contribution in [0, 0.1) is 0 Å². The molecule has 0 amide bonds. The molecular formula is C18H12N2OS. The van der Waals surface area contributed by atoms with E-state index in [0.29, 0.717) is 0 Å². The normalized spacial score (nSPS) is 10.7. The van der Waals surface area contributed by atoms with Gasteiger partial charge in [-0.05, 0) is 30.3 Å². The van der Waals surface area contributed by atoms with Crippen molar-refractivity contribution < 1.29 is 4.74 Å². The van der Waals surface area contributed by atoms with E-state index in [1.54, 1.807) is 17.5 Å². The quantitative estimate of drug-likeness (QED) is 0.525. The third-order valence-electron chi connectivity index (χ3n) is 3.28. The largest absolute Gasteiger partial charge is 0.457 e. The summed E-state index contributed by atoms with van der Waals surface area (Å²) in [6, 6.07) is 19.7. The maximum atomic E-state index is 6.01. The average Bonchev–Trinajstić information content (AvgIpc) is 3.00. The van der Waals surface area contributed by atoms with Crippen LogP contribution in [0.4, 0.5) is 0 Å². The zero-order valence-electron chi connectivity index (χ0n) is 11.6. The van der Waals surface area contributed by atoms with Crippen molar-refractivity contribution in [1.82, 2.24) is 9.97 Å². The second kappa shape index (κ2) is 5.58. The number of hydrogen-bond acceptors (Lipinski definition) is 4. The molecule has 2 aromatic heterocycles. The highest BCUT2D eigenvalue weighted by Gasteiger charge is 2.11. The molecule has 0 unspecified atom stereocenters. The van der Waals surface area contributed by atoms with Crippen LogP contribution in [0.5, 0.6) is 11.5 Å². The summed E-state index contributed by atoms with van der Waals surface area (Å²) < 4.78 is 7.09. The van der Waals surface area contributed by atoms with Crippen LogP contribution in [0.3, 0.4) is 0 Å². The minimum absolute atomic E-state index is 0.806. The maximum Gasteiger partial charge on any atom is 0.137 e. The van der Waals surface area contributed by atoms with Gasteiger partial charge in [-0.3, -0.25) is 4.98 Å². The Hall–Kier alpha value is -2.72. The number of fused-ring (bicyclic) bond motifs is 1. The number of rotatable bonds is 3. The molecule has 2 aromatic carbocycles. The van der Waals surface area contributed by atoms with Crippen LogP contribution in [0.15, 0.2) is 73.1 Å². The van der Waals surface area contributed by atoms with Crippen molar-refractivity contribution in [3.05, 3.63) is 73.1 Å². The molecule has 0 N–H and O–H groups in total. The third-order valence-corrected chi connectivity index (χ3v) is 4.32. The Morgan fingerprint density at radius 1 is 0.864 bits per heavy atom. The van der Waals surface area contributed by atoms with Crippen molar-refractivity contribution in [3.8, 4) is 22.1 Å². The smallest absolute Gasteiger partial charge is 0.137 e. The van der Waals surface area contributed by atoms with Crippen molar-refractivity contribution in [2.45, 2.75) is 0 Å². The molecule has 0 aliphatic heterocycles. The summed E-state index contributed by atoms with van der Waals surface area (Å²) in [6.07, 6.45) is 3.61. The van der Waals surface area contributed by atoms with Crippen LogP contribution < -0.4 is 4.74 Å². The zero-order chi connectivity index (χ0) is 14.8. The molecule has 0 atom stereocenters. The highest BCUT2D eigenvalue weighted by atomic mass is 32.1. The van der Waals surface area contributed by atoms with Gasteiger partial charge in [0.15, 0.2) is 0 Å². The monoisotopic (exact) mass is 304 g/mol. The molecular weight excluding hydrogens is 292 g/mol. The van der Waals surface area contributed by atoms with Gasteiger partial charge >= 0.3 is 0 Å². The molecule has 0 aliphatic rings. The molecule has 106 valence electrons. The molecule has 4 rings (SSSR count). The Bertz CT molecular complexity index is 885. The van der Waals surface area contributed by atoms with E-state index < -0.39 is 0 Å². The van der Waals surface area contributed by atoms with Crippen LogP contribution >= 0.6 is 11.3 Å². The highest BCUT2D eigenvalue weighted by molar-refractivity contribution is 7.21. The van der Waals surface area contributed by atoms with E-state index in [4.69, 9.17) is 4.74 Å². The summed E-state index contributed by atoms with van der Waals surface area (Å²) in [7, 11) is 0. The van der Waals surface area contributed by atoms with Gasteiger partial charge in [0, 0.05) is 12.4 Å². The SMILES string of the molecule is c1ccc(Oc2ccccc2-c2nc3ccncc3s2)cc1. The number of hydrogen-bond donors (Lipinski definition) is 0. The van der Waals surface area contributed by atoms with Crippen LogP contribution in [0.25, 0.3) is 20.8 Å². The predicted molar refractivity (Wildman–Crippen MR) is 89.4 cm³/mol. The lowest BCUT2D eigenvalue weighted by Crippen LogP contribution is -1.87. The minimum Gasteiger partial charge on any atom is -0.457 e. The lowest BCUT2D eigenvalue weighted by molar-refractivity contribution is 0.484. The van der Waals surface area contributed by atoms with E-state index in [0.717, 1.165) is 32.3 Å². The first-order valence-corrected chi connectivity index (χ1v) is 7.75. The van der Waals surface area contributed by atoms with E-state index in [1.165, 1.54) is 0 Å². The first-order chi connectivity index (χ1) is 10.9. The van der Waals surface area contributed by atoms with Crippen LogP contribution in [0.2, 0.25) is 0 Å². The Labute approximate surface area is 131 Å². The summed E-state index contributed by atoms with van der Waals surface area (Å²) in [5.74, 6) is 1.62. The number of ether oxygens (including phenoxy) is 1. The first kappa shape index (κ1) is 13.0.